The molecule has 1 radical (unpaired) electrons. The van der Waals surface area contributed by atoms with Gasteiger partial charge in [0, 0.05) is 5.56 Å². The number of nitrogens with two attached hydrogens (primary N) is 1. The Morgan fingerprint density at radius 2 is 1.81 bits per heavy atom. The Bertz CT molecular complexity index is 593. The van der Waals surface area contributed by atoms with Crippen LogP contribution in [0.3, 0.4) is 0 Å². The van der Waals surface area contributed by atoms with Crippen LogP contribution in [0.25, 0.3) is 0 Å². The Labute approximate surface area is 124 Å². The summed E-state index contributed by atoms with van der Waals surface area (Å²) in [5.41, 5.74) is 8.13. The van der Waals surface area contributed by atoms with Gasteiger partial charge in [0.1, 0.15) is 12.1 Å². The number of carbonyl (C=O) groups excluding carboxylic acids is 1. The lowest BCUT2D eigenvalue weighted by Crippen LogP contribution is -2.30. The Morgan fingerprint density at radius 1 is 1.14 bits per heavy atom. The molecule has 0 aliphatic carbocycles. The average Bonchev–Trinajstić information content (AvgIpc) is 2.52. The molecule has 107 valence electrons. The lowest BCUT2D eigenvalue weighted by Gasteiger charge is -2.12. The lowest BCUT2D eigenvalue weighted by atomic mass is 10.1. The lowest BCUT2D eigenvalue weighted by molar-refractivity contribution is -0.109. The van der Waals surface area contributed by atoms with Gasteiger partial charge in [-0.25, -0.2) is 0 Å². The van der Waals surface area contributed by atoms with Crippen molar-refractivity contribution in [2.45, 2.75) is 12.5 Å². The first kappa shape index (κ1) is 14.9. The van der Waals surface area contributed by atoms with Crippen LogP contribution in [0, 0.1) is 12.0 Å². The van der Waals surface area contributed by atoms with Crippen molar-refractivity contribution in [3.8, 4) is 0 Å². The largest absolute Gasteiger partial charge is 0.384 e. The van der Waals surface area contributed by atoms with E-state index in [-0.39, 0.29) is 11.9 Å². The van der Waals surface area contributed by atoms with E-state index in [2.05, 4.69) is 5.32 Å². The molecule has 4 heteroatoms. The van der Waals surface area contributed by atoms with Crippen LogP contribution in [0.4, 0.5) is 0 Å². The van der Waals surface area contributed by atoms with Gasteiger partial charge in [-0.2, -0.15) is 0 Å². The molecule has 1 atom stereocenters. The highest BCUT2D eigenvalue weighted by atomic mass is 16.1. The van der Waals surface area contributed by atoms with Crippen molar-refractivity contribution in [2.24, 2.45) is 5.73 Å². The second-order valence-electron chi connectivity index (χ2n) is 4.78. The summed E-state index contributed by atoms with van der Waals surface area (Å²) in [4.78, 5) is 11.1. The van der Waals surface area contributed by atoms with Crippen LogP contribution in [0.15, 0.2) is 54.6 Å². The molecule has 0 spiro atoms. The molecule has 2 aromatic rings. The molecule has 0 aliphatic heterocycles. The minimum absolute atomic E-state index is 0.0457. The van der Waals surface area contributed by atoms with Crippen molar-refractivity contribution in [3.05, 3.63) is 77.8 Å². The summed E-state index contributed by atoms with van der Waals surface area (Å²) in [6, 6.07) is 16.9. The molecule has 4 N–H and O–H groups in total. The average molecular weight is 280 g/mol. The second-order valence-corrected chi connectivity index (χ2v) is 4.78. The zero-order valence-electron chi connectivity index (χ0n) is 11.6. The van der Waals surface area contributed by atoms with E-state index in [1.54, 1.807) is 18.7 Å². The van der Waals surface area contributed by atoms with E-state index < -0.39 is 0 Å². The Balaban J connectivity index is 1.91. The molecule has 4 nitrogen and oxygen atoms in total. The molecule has 0 aliphatic rings. The normalized spacial score (nSPS) is 11.8. The fourth-order valence-electron chi connectivity index (χ4n) is 1.98. The number of nitrogens with one attached hydrogen (secondary N) is 2. The molecular weight excluding hydrogens is 262 g/mol. The molecule has 0 unspecified atom stereocenters. The van der Waals surface area contributed by atoms with E-state index in [1.165, 1.54) is 0 Å². The minimum atomic E-state index is -0.264. The van der Waals surface area contributed by atoms with Crippen molar-refractivity contribution in [2.75, 3.05) is 0 Å². The number of rotatable bonds is 7. The first-order valence-corrected chi connectivity index (χ1v) is 6.72. The Hall–Kier alpha value is -2.46. The summed E-state index contributed by atoms with van der Waals surface area (Å²) in [7, 11) is 0. The maximum atomic E-state index is 11.1. The molecular formula is C17H18N3O. The van der Waals surface area contributed by atoms with Gasteiger partial charge in [0.25, 0.3) is 0 Å². The predicted molar refractivity (Wildman–Crippen MR) is 84.0 cm³/mol. The van der Waals surface area contributed by atoms with E-state index in [0.717, 1.165) is 17.4 Å². The number of hydrogen-bond acceptors (Lipinski definition) is 3. The standard InChI is InChI=1S/C17H18N3O/c18-17(19)15-8-6-14(7-9-15)11-20-16(12-21)10-13-4-2-1-3-5-13/h1-9,11-12,16,20H,10H2,(H3,18,19)/t16-/m1/s1. The van der Waals surface area contributed by atoms with Crippen LogP contribution < -0.4 is 11.1 Å². The molecule has 0 heterocycles. The fraction of sp³-hybridized carbons (Fsp3) is 0.118. The Morgan fingerprint density at radius 3 is 2.38 bits per heavy atom. The van der Waals surface area contributed by atoms with E-state index >= 15 is 0 Å². The number of aldehydes is 1. The van der Waals surface area contributed by atoms with Gasteiger partial charge in [0.05, 0.1) is 12.6 Å². The van der Waals surface area contributed by atoms with Crippen molar-refractivity contribution in [1.82, 2.24) is 5.32 Å². The van der Waals surface area contributed by atoms with Crippen LogP contribution in [0.2, 0.25) is 0 Å². The fourth-order valence-corrected chi connectivity index (χ4v) is 1.98. The van der Waals surface area contributed by atoms with Crippen LogP contribution in [0.1, 0.15) is 16.7 Å². The van der Waals surface area contributed by atoms with E-state index in [1.807, 2.05) is 42.5 Å². The van der Waals surface area contributed by atoms with Crippen LogP contribution >= 0.6 is 0 Å². The smallest absolute Gasteiger partial charge is 0.137 e. The van der Waals surface area contributed by atoms with Gasteiger partial charge in [-0.15, -0.1) is 0 Å². The van der Waals surface area contributed by atoms with E-state index in [4.69, 9.17) is 11.1 Å². The molecule has 2 rings (SSSR count). The monoisotopic (exact) mass is 280 g/mol. The SMILES string of the molecule is N=C(N)c1ccc([CH]N[C@@H](C=O)Cc2ccccc2)cc1. The van der Waals surface area contributed by atoms with Crippen molar-refractivity contribution in [3.63, 3.8) is 0 Å². The third-order valence-electron chi connectivity index (χ3n) is 3.15. The first-order valence-electron chi connectivity index (χ1n) is 6.72. The topological polar surface area (TPSA) is 79.0 Å². The molecule has 2 aromatic carbocycles. The number of hydrogen-bond donors (Lipinski definition) is 3. The molecule has 21 heavy (non-hydrogen) atoms. The highest BCUT2D eigenvalue weighted by molar-refractivity contribution is 5.94. The highest BCUT2D eigenvalue weighted by Crippen LogP contribution is 2.07. The summed E-state index contributed by atoms with van der Waals surface area (Å²) in [5, 5.41) is 10.4. The summed E-state index contributed by atoms with van der Waals surface area (Å²) >= 11 is 0. The van der Waals surface area contributed by atoms with Crippen LogP contribution in [-0.2, 0) is 11.2 Å². The van der Waals surface area contributed by atoms with Gasteiger partial charge in [0.15, 0.2) is 0 Å². The number of amidine groups is 1. The highest BCUT2D eigenvalue weighted by Gasteiger charge is 2.08. The maximum absolute atomic E-state index is 11.1. The number of carbonyl (C=O) groups is 1. The predicted octanol–water partition coefficient (Wildman–Crippen LogP) is 1.88. The number of benzene rings is 2. The molecule has 0 amide bonds. The molecule has 0 saturated carbocycles. The van der Waals surface area contributed by atoms with E-state index in [9.17, 15) is 4.79 Å². The zero-order chi connectivity index (χ0) is 15.1. The second kappa shape index (κ2) is 7.36. The summed E-state index contributed by atoms with van der Waals surface area (Å²) in [6.45, 7) is 1.80. The van der Waals surface area contributed by atoms with Gasteiger partial charge in [-0.1, -0.05) is 54.6 Å². The molecule has 0 aromatic heterocycles. The van der Waals surface area contributed by atoms with Crippen LogP contribution in [-0.4, -0.2) is 18.2 Å². The third-order valence-corrected chi connectivity index (χ3v) is 3.15. The minimum Gasteiger partial charge on any atom is -0.384 e. The van der Waals surface area contributed by atoms with E-state index in [0.29, 0.717) is 12.0 Å². The van der Waals surface area contributed by atoms with Gasteiger partial charge < -0.3 is 10.5 Å². The van der Waals surface area contributed by atoms with Gasteiger partial charge in [-0.05, 0) is 17.5 Å². The van der Waals surface area contributed by atoms with Gasteiger partial charge >= 0.3 is 0 Å². The van der Waals surface area contributed by atoms with Crippen molar-refractivity contribution < 1.29 is 4.79 Å². The summed E-state index contributed by atoms with van der Waals surface area (Å²) < 4.78 is 0. The first-order chi connectivity index (χ1) is 10.2. The summed E-state index contributed by atoms with van der Waals surface area (Å²) in [5.74, 6) is 0.0457. The molecule has 0 fully saturated rings. The zero-order valence-corrected chi connectivity index (χ0v) is 11.6. The summed E-state index contributed by atoms with van der Waals surface area (Å²) in [6.07, 6.45) is 1.56. The van der Waals surface area contributed by atoms with Gasteiger partial charge in [-0.3, -0.25) is 10.7 Å². The number of nitrogen functional groups attached to an aromatic ring is 1. The molecule has 0 bridgehead atoms. The van der Waals surface area contributed by atoms with Crippen LogP contribution in [0.5, 0.6) is 0 Å². The van der Waals surface area contributed by atoms with Crippen molar-refractivity contribution in [1.29, 1.82) is 5.41 Å². The van der Waals surface area contributed by atoms with Gasteiger partial charge in [0.2, 0.25) is 0 Å². The quantitative estimate of drug-likeness (QED) is 0.411. The third kappa shape index (κ3) is 4.54. The maximum Gasteiger partial charge on any atom is 0.137 e. The Kier molecular flexibility index (Phi) is 5.23. The molecule has 0 saturated heterocycles. The van der Waals surface area contributed by atoms with Crippen molar-refractivity contribution >= 4 is 12.1 Å².